The first kappa shape index (κ1) is 16.5. The van der Waals surface area contributed by atoms with E-state index in [2.05, 4.69) is 24.0 Å². The Morgan fingerprint density at radius 1 is 1.68 bits per heavy atom. The second-order valence-corrected chi connectivity index (χ2v) is 5.67. The number of ether oxygens (including phenoxy) is 2. The Morgan fingerprint density at radius 3 is 3.05 bits per heavy atom. The standard InChI is InChI=1S/C18H23NO3/c1-5-9-19-10-8-14-13-22-17(20)11-16(14)18(19,7-3)12-15(6-2)21-4/h3,5-6,11,14-15H,1-2,8-10,12-13H2,4H3/t14-,15-,18+/m0/s1. The Labute approximate surface area is 132 Å². The lowest BCUT2D eigenvalue weighted by molar-refractivity contribution is -0.141. The maximum absolute atomic E-state index is 11.8. The Balaban J connectivity index is 2.48. The Morgan fingerprint density at radius 2 is 2.45 bits per heavy atom. The Hall–Kier alpha value is -1.83. The summed E-state index contributed by atoms with van der Waals surface area (Å²) in [7, 11) is 1.64. The van der Waals surface area contributed by atoms with Crippen molar-refractivity contribution < 1.29 is 14.3 Å². The molecule has 0 saturated carbocycles. The van der Waals surface area contributed by atoms with Crippen LogP contribution in [0, 0.1) is 18.3 Å². The van der Waals surface area contributed by atoms with Gasteiger partial charge in [-0.3, -0.25) is 4.90 Å². The van der Waals surface area contributed by atoms with Crippen molar-refractivity contribution in [2.45, 2.75) is 24.5 Å². The normalized spacial score (nSPS) is 29.5. The lowest BCUT2D eigenvalue weighted by Gasteiger charge is -2.50. The van der Waals surface area contributed by atoms with Crippen molar-refractivity contribution in [2.75, 3.05) is 26.8 Å². The number of fused-ring (bicyclic) bond motifs is 1. The SMILES string of the molecule is C#C[C@@]1(C[C@H](C=C)OC)C2=CC(=O)OC[C@@H]2CCN1CC=C. The molecular formula is C18H23NO3. The molecule has 0 spiro atoms. The van der Waals surface area contributed by atoms with Gasteiger partial charge in [0, 0.05) is 38.6 Å². The van der Waals surface area contributed by atoms with Gasteiger partial charge < -0.3 is 9.47 Å². The molecule has 0 amide bonds. The number of hydrogen-bond donors (Lipinski definition) is 0. The molecule has 4 nitrogen and oxygen atoms in total. The molecule has 1 fully saturated rings. The summed E-state index contributed by atoms with van der Waals surface area (Å²) in [5.74, 6) is 2.80. The molecule has 0 N–H and O–H groups in total. The van der Waals surface area contributed by atoms with Crippen LogP contribution in [0.1, 0.15) is 12.8 Å². The average Bonchev–Trinajstić information content (AvgIpc) is 2.54. The minimum Gasteiger partial charge on any atom is -0.462 e. The number of methoxy groups -OCH3 is 1. The fraction of sp³-hybridized carbons (Fsp3) is 0.500. The highest BCUT2D eigenvalue weighted by Crippen LogP contribution is 2.42. The zero-order chi connectivity index (χ0) is 16.2. The molecule has 1 saturated heterocycles. The summed E-state index contributed by atoms with van der Waals surface area (Å²) in [4.78, 5) is 13.9. The summed E-state index contributed by atoms with van der Waals surface area (Å²) in [6.45, 7) is 9.53. The van der Waals surface area contributed by atoms with Gasteiger partial charge in [0.1, 0.15) is 5.54 Å². The van der Waals surface area contributed by atoms with Crippen LogP contribution in [0.2, 0.25) is 0 Å². The molecule has 0 unspecified atom stereocenters. The molecule has 3 atom stereocenters. The van der Waals surface area contributed by atoms with E-state index in [0.29, 0.717) is 19.6 Å². The van der Waals surface area contributed by atoms with Crippen molar-refractivity contribution in [3.8, 4) is 12.3 Å². The number of piperidine rings is 1. The predicted molar refractivity (Wildman–Crippen MR) is 86.1 cm³/mol. The largest absolute Gasteiger partial charge is 0.462 e. The molecule has 0 aromatic heterocycles. The number of likely N-dealkylation sites (tertiary alicyclic amines) is 1. The molecular weight excluding hydrogens is 278 g/mol. The summed E-state index contributed by atoms with van der Waals surface area (Å²) < 4.78 is 10.6. The lowest BCUT2D eigenvalue weighted by atomic mass is 9.72. The molecule has 118 valence electrons. The van der Waals surface area contributed by atoms with Crippen molar-refractivity contribution >= 4 is 5.97 Å². The van der Waals surface area contributed by atoms with E-state index < -0.39 is 5.54 Å². The van der Waals surface area contributed by atoms with E-state index in [1.165, 1.54) is 0 Å². The van der Waals surface area contributed by atoms with Gasteiger partial charge in [-0.15, -0.1) is 19.6 Å². The van der Waals surface area contributed by atoms with Crippen molar-refractivity contribution in [3.05, 3.63) is 37.0 Å². The van der Waals surface area contributed by atoms with E-state index in [1.807, 2.05) is 6.08 Å². The number of cyclic esters (lactones) is 1. The smallest absolute Gasteiger partial charge is 0.330 e. The van der Waals surface area contributed by atoms with E-state index in [9.17, 15) is 4.79 Å². The molecule has 0 aliphatic carbocycles. The van der Waals surface area contributed by atoms with E-state index in [-0.39, 0.29) is 18.0 Å². The van der Waals surface area contributed by atoms with Crippen LogP contribution in [0.3, 0.4) is 0 Å². The number of carbonyl (C=O) groups is 1. The van der Waals surface area contributed by atoms with Gasteiger partial charge in [0.2, 0.25) is 0 Å². The number of terminal acetylenes is 1. The van der Waals surface area contributed by atoms with Crippen LogP contribution in [0.15, 0.2) is 37.0 Å². The van der Waals surface area contributed by atoms with Gasteiger partial charge in [-0.05, 0) is 12.0 Å². The molecule has 0 bridgehead atoms. The fourth-order valence-electron chi connectivity index (χ4n) is 3.38. The summed E-state index contributed by atoms with van der Waals surface area (Å²) >= 11 is 0. The number of hydrogen-bond acceptors (Lipinski definition) is 4. The van der Waals surface area contributed by atoms with Gasteiger partial charge in [-0.2, -0.15) is 0 Å². The molecule has 22 heavy (non-hydrogen) atoms. The molecule has 2 rings (SSSR count). The highest BCUT2D eigenvalue weighted by molar-refractivity contribution is 5.84. The topological polar surface area (TPSA) is 38.8 Å². The van der Waals surface area contributed by atoms with Crippen LogP contribution in [-0.2, 0) is 14.3 Å². The first-order valence-electron chi connectivity index (χ1n) is 7.49. The third-order valence-electron chi connectivity index (χ3n) is 4.56. The van der Waals surface area contributed by atoms with E-state index >= 15 is 0 Å². The number of rotatable bonds is 6. The summed E-state index contributed by atoms with van der Waals surface area (Å²) in [5.41, 5.74) is 0.300. The molecule has 0 aromatic carbocycles. The van der Waals surface area contributed by atoms with Crippen LogP contribution in [0.5, 0.6) is 0 Å². The minimum absolute atomic E-state index is 0.178. The second-order valence-electron chi connectivity index (χ2n) is 5.67. The van der Waals surface area contributed by atoms with Crippen molar-refractivity contribution in [1.82, 2.24) is 4.90 Å². The second kappa shape index (κ2) is 6.95. The third kappa shape index (κ3) is 2.87. The maximum Gasteiger partial charge on any atom is 0.330 e. The number of esters is 1. The number of carbonyl (C=O) groups excluding carboxylic acids is 1. The summed E-state index contributed by atoms with van der Waals surface area (Å²) in [6.07, 6.45) is 12.4. The summed E-state index contributed by atoms with van der Waals surface area (Å²) in [6, 6.07) is 0. The first-order chi connectivity index (χ1) is 10.6. The van der Waals surface area contributed by atoms with Gasteiger partial charge in [-0.1, -0.05) is 18.1 Å². The lowest BCUT2D eigenvalue weighted by Crippen LogP contribution is -2.58. The maximum atomic E-state index is 11.8. The van der Waals surface area contributed by atoms with Crippen molar-refractivity contribution in [1.29, 1.82) is 0 Å². The van der Waals surface area contributed by atoms with Gasteiger partial charge in [0.25, 0.3) is 0 Å². The molecule has 2 heterocycles. The highest BCUT2D eigenvalue weighted by atomic mass is 16.5. The van der Waals surface area contributed by atoms with Crippen LogP contribution >= 0.6 is 0 Å². The zero-order valence-electron chi connectivity index (χ0n) is 13.1. The van der Waals surface area contributed by atoms with Crippen molar-refractivity contribution in [3.63, 3.8) is 0 Å². The minimum atomic E-state index is -0.661. The van der Waals surface area contributed by atoms with Crippen LogP contribution in [-0.4, -0.2) is 49.3 Å². The average molecular weight is 301 g/mol. The third-order valence-corrected chi connectivity index (χ3v) is 4.56. The van der Waals surface area contributed by atoms with Gasteiger partial charge in [-0.25, -0.2) is 4.79 Å². The molecule has 0 aromatic rings. The van der Waals surface area contributed by atoms with Crippen LogP contribution in [0.4, 0.5) is 0 Å². The molecule has 0 radical (unpaired) electrons. The van der Waals surface area contributed by atoms with E-state index in [1.54, 1.807) is 19.3 Å². The van der Waals surface area contributed by atoms with Gasteiger partial charge >= 0.3 is 5.97 Å². The highest BCUT2D eigenvalue weighted by Gasteiger charge is 2.47. The Bertz CT molecular complexity index is 531. The molecule has 2 aliphatic rings. The zero-order valence-corrected chi connectivity index (χ0v) is 13.1. The van der Waals surface area contributed by atoms with Crippen molar-refractivity contribution in [2.24, 2.45) is 5.92 Å². The van der Waals surface area contributed by atoms with Crippen LogP contribution in [0.25, 0.3) is 0 Å². The van der Waals surface area contributed by atoms with E-state index in [4.69, 9.17) is 15.9 Å². The van der Waals surface area contributed by atoms with E-state index in [0.717, 1.165) is 18.5 Å². The quantitative estimate of drug-likeness (QED) is 0.427. The van der Waals surface area contributed by atoms with Gasteiger partial charge in [0.05, 0.1) is 12.7 Å². The summed E-state index contributed by atoms with van der Waals surface area (Å²) in [5, 5.41) is 0. The molecule has 2 aliphatic heterocycles. The van der Waals surface area contributed by atoms with Gasteiger partial charge in [0.15, 0.2) is 0 Å². The predicted octanol–water partition coefficient (Wildman–Crippen LogP) is 1.94. The number of nitrogens with zero attached hydrogens (tertiary/aromatic N) is 1. The first-order valence-corrected chi connectivity index (χ1v) is 7.49. The monoisotopic (exact) mass is 301 g/mol. The Kier molecular flexibility index (Phi) is 5.23. The fourth-order valence-corrected chi connectivity index (χ4v) is 3.38. The van der Waals surface area contributed by atoms with Crippen LogP contribution < -0.4 is 0 Å². The molecule has 4 heteroatoms.